The zero-order chi connectivity index (χ0) is 30.6. The molecule has 0 amide bonds. The molecule has 0 atom stereocenters. The highest BCUT2D eigenvalue weighted by Gasteiger charge is 2.18. The van der Waals surface area contributed by atoms with Crippen LogP contribution < -0.4 is 10.2 Å². The summed E-state index contributed by atoms with van der Waals surface area (Å²) in [6.07, 6.45) is 18.1. The van der Waals surface area contributed by atoms with Crippen LogP contribution in [0.25, 0.3) is 16.6 Å². The number of terminal acetylenes is 1. The topological polar surface area (TPSA) is 29.9 Å². The lowest BCUT2D eigenvalue weighted by Crippen LogP contribution is -2.43. The molecule has 0 spiro atoms. The Morgan fingerprint density at radius 1 is 0.767 bits per heavy atom. The molecular formula is C37H54N6. The lowest BCUT2D eigenvalue weighted by molar-refractivity contribution is 0.148. The summed E-state index contributed by atoms with van der Waals surface area (Å²) >= 11 is 0. The van der Waals surface area contributed by atoms with Gasteiger partial charge in [0.15, 0.2) is 0 Å². The molecule has 3 saturated heterocycles. The van der Waals surface area contributed by atoms with Crippen molar-refractivity contribution in [1.82, 2.24) is 19.3 Å². The van der Waals surface area contributed by atoms with Crippen molar-refractivity contribution < 1.29 is 0 Å². The third-order valence-corrected chi connectivity index (χ3v) is 8.99. The van der Waals surface area contributed by atoms with Gasteiger partial charge in [-0.2, -0.15) is 0 Å². The molecule has 1 N–H and O–H groups in total. The Bertz CT molecular complexity index is 1320. The van der Waals surface area contributed by atoms with E-state index in [0.29, 0.717) is 0 Å². The van der Waals surface area contributed by atoms with Crippen LogP contribution in [0.3, 0.4) is 0 Å². The Morgan fingerprint density at radius 2 is 1.42 bits per heavy atom. The van der Waals surface area contributed by atoms with Crippen molar-refractivity contribution in [2.45, 2.75) is 52.0 Å². The number of nitrogens with zero attached hydrogens (tertiary/aromatic N) is 5. The van der Waals surface area contributed by atoms with Crippen molar-refractivity contribution in [1.29, 1.82) is 0 Å². The molecule has 3 fully saturated rings. The van der Waals surface area contributed by atoms with Gasteiger partial charge in [0.25, 0.3) is 0 Å². The van der Waals surface area contributed by atoms with Crippen molar-refractivity contribution in [3.63, 3.8) is 0 Å². The molecule has 3 aliphatic heterocycles. The third kappa shape index (κ3) is 8.89. The van der Waals surface area contributed by atoms with Crippen molar-refractivity contribution in [2.75, 3.05) is 76.7 Å². The molecular weight excluding hydrogens is 528 g/mol. The average Bonchev–Trinajstić information content (AvgIpc) is 3.66. The van der Waals surface area contributed by atoms with Gasteiger partial charge >= 0.3 is 0 Å². The molecule has 3 aliphatic rings. The molecule has 6 rings (SSSR count). The number of piperazine rings is 1. The summed E-state index contributed by atoms with van der Waals surface area (Å²) in [6.45, 7) is 12.8. The Hall–Kier alpha value is -3.24. The van der Waals surface area contributed by atoms with Gasteiger partial charge in [0.05, 0.1) is 16.9 Å². The molecule has 232 valence electrons. The number of likely N-dealkylation sites (N-methyl/N-ethyl adjacent to an activating group) is 1. The van der Waals surface area contributed by atoms with Crippen LogP contribution in [0.1, 0.15) is 56.7 Å². The standard InChI is InChI=1S/C30H41N5.C5H11N.C2H2/c1-4-10-28(31-26-13-9-14-27(22-26)35-15-6-5-7-16-35)29-21-24-11-8-12-25(30(24)33(29)3)23-34-19-17-32(2)18-20-34;1-6-4-2-3-5-6;1-2/h8-14,21-22,31H,4-7,15-20,23H2,1-3H3;2-5H2,1H3;1-2H/b28-10-;;. The maximum absolute atomic E-state index is 4.00. The number of para-hydroxylation sites is 1. The van der Waals surface area contributed by atoms with Crippen LogP contribution in [0, 0.1) is 12.8 Å². The maximum atomic E-state index is 4.00. The van der Waals surface area contributed by atoms with Crippen molar-refractivity contribution >= 4 is 28.0 Å². The van der Waals surface area contributed by atoms with Gasteiger partial charge in [0, 0.05) is 69.6 Å². The highest BCUT2D eigenvalue weighted by atomic mass is 15.2. The highest BCUT2D eigenvalue weighted by Crippen LogP contribution is 2.30. The zero-order valence-electron chi connectivity index (χ0n) is 27.2. The molecule has 6 nitrogen and oxygen atoms in total. The second-order valence-electron chi connectivity index (χ2n) is 12.3. The first kappa shape index (κ1) is 32.7. The van der Waals surface area contributed by atoms with Crippen molar-refractivity contribution in [3.8, 4) is 12.8 Å². The van der Waals surface area contributed by atoms with Crippen LogP contribution >= 0.6 is 0 Å². The SMILES string of the molecule is C#C.CC/C=C(\Nc1cccc(N2CCCCC2)c1)c1cc2cccc(CN3CCN(C)CC3)c2n1C.CN1CCCC1. The number of allylic oxidation sites excluding steroid dienone is 1. The number of likely N-dealkylation sites (tertiary alicyclic amines) is 1. The Balaban J connectivity index is 0.000000466. The first-order valence-corrected chi connectivity index (χ1v) is 16.3. The first-order chi connectivity index (χ1) is 21.0. The quantitative estimate of drug-likeness (QED) is 0.312. The molecule has 0 radical (unpaired) electrons. The number of anilines is 2. The van der Waals surface area contributed by atoms with Crippen LogP contribution in [0.5, 0.6) is 0 Å². The summed E-state index contributed by atoms with van der Waals surface area (Å²) in [5.41, 5.74) is 7.70. The second-order valence-corrected chi connectivity index (χ2v) is 12.3. The number of hydrogen-bond acceptors (Lipinski definition) is 5. The third-order valence-electron chi connectivity index (χ3n) is 8.99. The molecule has 4 heterocycles. The van der Waals surface area contributed by atoms with E-state index in [4.69, 9.17) is 0 Å². The van der Waals surface area contributed by atoms with Crippen molar-refractivity contribution in [3.05, 3.63) is 65.9 Å². The number of piperidine rings is 1. The normalized spacial score (nSPS) is 18.6. The van der Waals surface area contributed by atoms with Crippen LogP contribution in [0.4, 0.5) is 11.4 Å². The van der Waals surface area contributed by atoms with Crippen LogP contribution in [-0.2, 0) is 13.6 Å². The molecule has 6 heteroatoms. The number of benzene rings is 2. The zero-order valence-corrected chi connectivity index (χ0v) is 27.2. The van der Waals surface area contributed by atoms with E-state index in [1.807, 2.05) is 0 Å². The number of rotatable bonds is 7. The molecule has 2 aromatic carbocycles. The van der Waals surface area contributed by atoms with Gasteiger partial charge in [0.1, 0.15) is 0 Å². The van der Waals surface area contributed by atoms with E-state index in [0.717, 1.165) is 44.8 Å². The van der Waals surface area contributed by atoms with Gasteiger partial charge in [-0.05, 0) is 95.5 Å². The minimum Gasteiger partial charge on any atom is -0.371 e. The molecule has 0 saturated carbocycles. The van der Waals surface area contributed by atoms with Gasteiger partial charge in [-0.1, -0.05) is 37.3 Å². The van der Waals surface area contributed by atoms with Crippen molar-refractivity contribution in [2.24, 2.45) is 7.05 Å². The van der Waals surface area contributed by atoms with E-state index in [-0.39, 0.29) is 0 Å². The molecule has 43 heavy (non-hydrogen) atoms. The summed E-state index contributed by atoms with van der Waals surface area (Å²) in [7, 11) is 6.62. The number of aryl methyl sites for hydroxylation is 1. The smallest absolute Gasteiger partial charge is 0.0651 e. The van der Waals surface area contributed by atoms with Gasteiger partial charge in [-0.3, -0.25) is 4.90 Å². The average molecular weight is 583 g/mol. The van der Waals surface area contributed by atoms with Gasteiger partial charge < -0.3 is 24.6 Å². The largest absolute Gasteiger partial charge is 0.371 e. The highest BCUT2D eigenvalue weighted by molar-refractivity contribution is 5.90. The molecule has 0 bridgehead atoms. The van der Waals surface area contributed by atoms with E-state index in [1.54, 1.807) is 0 Å². The molecule has 3 aromatic rings. The number of aromatic nitrogens is 1. The van der Waals surface area contributed by atoms with E-state index >= 15 is 0 Å². The summed E-state index contributed by atoms with van der Waals surface area (Å²) in [4.78, 5) is 9.90. The Kier molecular flexibility index (Phi) is 12.6. The van der Waals surface area contributed by atoms with Crippen LogP contribution in [0.15, 0.2) is 54.6 Å². The lowest BCUT2D eigenvalue weighted by atomic mass is 10.1. The Labute approximate surface area is 261 Å². The number of fused-ring (bicyclic) bond motifs is 1. The minimum atomic E-state index is 0.990. The van der Waals surface area contributed by atoms with E-state index < -0.39 is 0 Å². The fourth-order valence-electron chi connectivity index (χ4n) is 6.52. The monoisotopic (exact) mass is 582 g/mol. The Morgan fingerprint density at radius 3 is 2.07 bits per heavy atom. The second kappa shape index (κ2) is 16.6. The first-order valence-electron chi connectivity index (χ1n) is 16.3. The summed E-state index contributed by atoms with van der Waals surface area (Å²) in [6, 6.07) is 18.1. The van der Waals surface area contributed by atoms with E-state index in [1.165, 1.54) is 91.8 Å². The number of hydrogen-bond donors (Lipinski definition) is 1. The van der Waals surface area contributed by atoms with Crippen LogP contribution in [-0.4, -0.2) is 85.7 Å². The summed E-state index contributed by atoms with van der Waals surface area (Å²) in [5.74, 6) is 0. The predicted octanol–water partition coefficient (Wildman–Crippen LogP) is 6.74. The fourth-order valence-corrected chi connectivity index (χ4v) is 6.52. The maximum Gasteiger partial charge on any atom is 0.0651 e. The lowest BCUT2D eigenvalue weighted by Gasteiger charge is -2.32. The molecule has 0 aliphatic carbocycles. The fraction of sp³-hybridized carbons (Fsp3) is 0.514. The van der Waals surface area contributed by atoms with Crippen LogP contribution in [0.2, 0.25) is 0 Å². The molecule has 1 aromatic heterocycles. The molecule has 0 unspecified atom stereocenters. The minimum absolute atomic E-state index is 0.990. The van der Waals surface area contributed by atoms with E-state index in [9.17, 15) is 0 Å². The van der Waals surface area contributed by atoms with Gasteiger partial charge in [-0.25, -0.2) is 0 Å². The van der Waals surface area contributed by atoms with Gasteiger partial charge in [-0.15, -0.1) is 12.8 Å². The predicted molar refractivity (Wildman–Crippen MR) is 187 cm³/mol. The summed E-state index contributed by atoms with van der Waals surface area (Å²) in [5, 5.41) is 5.10. The van der Waals surface area contributed by atoms with Gasteiger partial charge in [0.2, 0.25) is 0 Å². The number of nitrogens with one attached hydrogen (secondary N) is 1. The van der Waals surface area contributed by atoms with E-state index in [2.05, 4.69) is 125 Å². The summed E-state index contributed by atoms with van der Waals surface area (Å²) < 4.78 is 2.39.